The van der Waals surface area contributed by atoms with Crippen molar-refractivity contribution >= 4 is 36.8 Å². The summed E-state index contributed by atoms with van der Waals surface area (Å²) in [6.07, 6.45) is 4.69. The molecular formula is C14H17BrN2O2S. The van der Waals surface area contributed by atoms with E-state index in [0.29, 0.717) is 5.92 Å². The number of imidazole rings is 1. The maximum Gasteiger partial charge on any atom is 0.151 e. The molecule has 0 atom stereocenters. The summed E-state index contributed by atoms with van der Waals surface area (Å²) in [5.74, 6) is 1.56. The lowest BCUT2D eigenvalue weighted by molar-refractivity contribution is 0.601. The molecule has 1 aromatic heterocycles. The van der Waals surface area contributed by atoms with Crippen LogP contribution < -0.4 is 0 Å². The van der Waals surface area contributed by atoms with E-state index in [2.05, 4.69) is 25.9 Å². The summed E-state index contributed by atoms with van der Waals surface area (Å²) in [6, 6.07) is 2.01. The fraction of sp³-hybridized carbons (Fsp3) is 0.500. The summed E-state index contributed by atoms with van der Waals surface area (Å²) in [7, 11) is -3.09. The number of aromatic amines is 1. The first-order chi connectivity index (χ1) is 9.33. The molecule has 0 radical (unpaired) electrons. The normalized spacial score (nSPS) is 15.9. The first-order valence-corrected chi connectivity index (χ1v) is 9.53. The fourth-order valence-electron chi connectivity index (χ4n) is 2.59. The quantitative estimate of drug-likeness (QED) is 0.915. The molecule has 0 unspecified atom stereocenters. The van der Waals surface area contributed by atoms with Gasteiger partial charge in [-0.15, -0.1) is 0 Å². The predicted octanol–water partition coefficient (Wildman–Crippen LogP) is 3.13. The van der Waals surface area contributed by atoms with Gasteiger partial charge in [-0.1, -0.05) is 15.9 Å². The van der Waals surface area contributed by atoms with Crippen LogP contribution in [0, 0.1) is 12.8 Å². The molecule has 1 heterocycles. The number of benzene rings is 1. The van der Waals surface area contributed by atoms with Crippen LogP contribution in [0.15, 0.2) is 10.5 Å². The highest BCUT2D eigenvalue weighted by atomic mass is 79.9. The van der Waals surface area contributed by atoms with Crippen molar-refractivity contribution < 1.29 is 8.42 Å². The van der Waals surface area contributed by atoms with Crippen LogP contribution in [0.1, 0.15) is 29.8 Å². The van der Waals surface area contributed by atoms with Gasteiger partial charge in [0.05, 0.1) is 16.8 Å². The van der Waals surface area contributed by atoms with Gasteiger partial charge in [0.1, 0.15) is 5.82 Å². The van der Waals surface area contributed by atoms with Crippen molar-refractivity contribution in [3.63, 3.8) is 0 Å². The third kappa shape index (κ3) is 2.91. The Morgan fingerprint density at radius 1 is 1.40 bits per heavy atom. The average Bonchev–Trinajstić information content (AvgIpc) is 3.04. The molecule has 3 rings (SSSR count). The zero-order valence-electron chi connectivity index (χ0n) is 11.5. The molecule has 0 saturated heterocycles. The van der Waals surface area contributed by atoms with E-state index in [0.717, 1.165) is 38.9 Å². The highest BCUT2D eigenvalue weighted by molar-refractivity contribution is 9.10. The second kappa shape index (κ2) is 4.84. The number of H-pyrrole nitrogens is 1. The van der Waals surface area contributed by atoms with Gasteiger partial charge in [0.15, 0.2) is 9.84 Å². The van der Waals surface area contributed by atoms with Crippen LogP contribution in [0.4, 0.5) is 0 Å². The number of aryl methyl sites for hydroxylation is 1. The Morgan fingerprint density at radius 3 is 2.70 bits per heavy atom. The molecule has 108 valence electrons. The second-order valence-corrected chi connectivity index (χ2v) is 8.75. The maximum absolute atomic E-state index is 11.8. The Bertz CT molecular complexity index is 776. The molecule has 1 aromatic carbocycles. The van der Waals surface area contributed by atoms with Gasteiger partial charge in [-0.3, -0.25) is 0 Å². The molecule has 1 fully saturated rings. The molecule has 1 N–H and O–H groups in total. The molecule has 20 heavy (non-hydrogen) atoms. The van der Waals surface area contributed by atoms with Crippen molar-refractivity contribution in [2.45, 2.75) is 31.9 Å². The minimum Gasteiger partial charge on any atom is -0.342 e. The van der Waals surface area contributed by atoms with Crippen LogP contribution in [0.5, 0.6) is 0 Å². The van der Waals surface area contributed by atoms with Crippen LogP contribution in [0.3, 0.4) is 0 Å². The third-order valence-electron chi connectivity index (χ3n) is 3.66. The lowest BCUT2D eigenvalue weighted by Gasteiger charge is -2.12. The summed E-state index contributed by atoms with van der Waals surface area (Å²) in [5.41, 5.74) is 3.66. The largest absolute Gasteiger partial charge is 0.342 e. The highest BCUT2D eigenvalue weighted by Gasteiger charge is 2.26. The topological polar surface area (TPSA) is 62.8 Å². The molecule has 4 nitrogen and oxygen atoms in total. The second-order valence-electron chi connectivity index (χ2n) is 5.75. The monoisotopic (exact) mass is 356 g/mol. The van der Waals surface area contributed by atoms with Crippen molar-refractivity contribution in [3.8, 4) is 0 Å². The van der Waals surface area contributed by atoms with Gasteiger partial charge in [0.25, 0.3) is 0 Å². The summed E-state index contributed by atoms with van der Waals surface area (Å²) >= 11 is 3.60. The molecule has 1 aliphatic carbocycles. The SMILES string of the molecule is Cc1nc2c(CS(C)(=O)=O)c(CC3CC3)c(Br)cc2[nH]1. The lowest BCUT2D eigenvalue weighted by atomic mass is 10.0. The summed E-state index contributed by atoms with van der Waals surface area (Å²) < 4.78 is 24.5. The number of nitrogens with one attached hydrogen (secondary N) is 1. The molecule has 6 heteroatoms. The molecular weight excluding hydrogens is 340 g/mol. The van der Waals surface area contributed by atoms with E-state index in [9.17, 15) is 8.42 Å². The molecule has 0 amide bonds. The number of rotatable bonds is 4. The van der Waals surface area contributed by atoms with Gasteiger partial charge in [0.2, 0.25) is 0 Å². The lowest BCUT2D eigenvalue weighted by Crippen LogP contribution is -2.06. The molecule has 2 aromatic rings. The Morgan fingerprint density at radius 2 is 2.10 bits per heavy atom. The van der Waals surface area contributed by atoms with E-state index in [4.69, 9.17) is 0 Å². The van der Waals surface area contributed by atoms with Gasteiger partial charge in [-0.05, 0) is 49.3 Å². The first kappa shape index (κ1) is 14.1. The van der Waals surface area contributed by atoms with Gasteiger partial charge < -0.3 is 4.98 Å². The molecule has 1 saturated carbocycles. The van der Waals surface area contributed by atoms with Crippen molar-refractivity contribution in [2.24, 2.45) is 5.92 Å². The number of sulfone groups is 1. The fourth-order valence-corrected chi connectivity index (χ4v) is 4.06. The number of aromatic nitrogens is 2. The first-order valence-electron chi connectivity index (χ1n) is 6.68. The number of halogens is 1. The minimum absolute atomic E-state index is 0.0509. The van der Waals surface area contributed by atoms with Gasteiger partial charge in [0, 0.05) is 10.7 Å². The molecule has 1 aliphatic rings. The zero-order valence-corrected chi connectivity index (χ0v) is 13.9. The van der Waals surface area contributed by atoms with Crippen LogP contribution in [0.2, 0.25) is 0 Å². The number of nitrogens with zero attached hydrogens (tertiary/aromatic N) is 1. The van der Waals surface area contributed by atoms with E-state index < -0.39 is 9.84 Å². The minimum atomic E-state index is -3.09. The van der Waals surface area contributed by atoms with Crippen LogP contribution in [0.25, 0.3) is 11.0 Å². The predicted molar refractivity (Wildman–Crippen MR) is 83.5 cm³/mol. The summed E-state index contributed by atoms with van der Waals surface area (Å²) in [4.78, 5) is 7.67. The van der Waals surface area contributed by atoms with E-state index >= 15 is 0 Å². The van der Waals surface area contributed by atoms with Crippen molar-refractivity contribution in [3.05, 3.63) is 27.5 Å². The highest BCUT2D eigenvalue weighted by Crippen LogP contribution is 2.38. The Kier molecular flexibility index (Phi) is 3.41. The summed E-state index contributed by atoms with van der Waals surface area (Å²) in [5, 5.41) is 0. The average molecular weight is 357 g/mol. The smallest absolute Gasteiger partial charge is 0.151 e. The number of fused-ring (bicyclic) bond motifs is 1. The summed E-state index contributed by atoms with van der Waals surface area (Å²) in [6.45, 7) is 1.89. The van der Waals surface area contributed by atoms with E-state index in [1.54, 1.807) is 0 Å². The Hall–Kier alpha value is -0.880. The van der Waals surface area contributed by atoms with Gasteiger partial charge >= 0.3 is 0 Å². The maximum atomic E-state index is 11.8. The van der Waals surface area contributed by atoms with Crippen molar-refractivity contribution in [1.29, 1.82) is 0 Å². The van der Waals surface area contributed by atoms with Crippen molar-refractivity contribution in [1.82, 2.24) is 9.97 Å². The molecule has 0 spiro atoms. The van der Waals surface area contributed by atoms with E-state index in [1.807, 2.05) is 13.0 Å². The van der Waals surface area contributed by atoms with Gasteiger partial charge in [-0.2, -0.15) is 0 Å². The third-order valence-corrected chi connectivity index (χ3v) is 5.18. The van der Waals surface area contributed by atoms with Crippen molar-refractivity contribution in [2.75, 3.05) is 6.26 Å². The Labute approximate surface area is 127 Å². The van der Waals surface area contributed by atoms with Crippen LogP contribution >= 0.6 is 15.9 Å². The van der Waals surface area contributed by atoms with Gasteiger partial charge in [-0.25, -0.2) is 13.4 Å². The van der Waals surface area contributed by atoms with E-state index in [-0.39, 0.29) is 5.75 Å². The molecule has 0 bridgehead atoms. The standard InChI is InChI=1S/C14H17BrN2O2S/c1-8-16-13-6-12(15)10(5-9-3-4-9)11(14(13)17-8)7-20(2,18)19/h6,9H,3-5,7H2,1-2H3,(H,16,17). The number of hydrogen-bond acceptors (Lipinski definition) is 3. The van der Waals surface area contributed by atoms with Crippen LogP contribution in [-0.2, 0) is 22.0 Å². The zero-order chi connectivity index (χ0) is 14.5. The van der Waals surface area contributed by atoms with Crippen LogP contribution in [-0.4, -0.2) is 24.6 Å². The number of hydrogen-bond donors (Lipinski definition) is 1. The Balaban J connectivity index is 2.22. The molecule has 0 aliphatic heterocycles. The van der Waals surface area contributed by atoms with E-state index in [1.165, 1.54) is 19.1 Å².